The molecule has 2 amide bonds. The number of benzene rings is 1. The van der Waals surface area contributed by atoms with Gasteiger partial charge in [0.1, 0.15) is 0 Å². The van der Waals surface area contributed by atoms with Gasteiger partial charge in [-0.2, -0.15) is 0 Å². The van der Waals surface area contributed by atoms with E-state index in [4.69, 9.17) is 17.3 Å². The van der Waals surface area contributed by atoms with Gasteiger partial charge in [0.2, 0.25) is 11.8 Å². The number of piperazine rings is 1. The highest BCUT2D eigenvalue weighted by Gasteiger charge is 2.37. The maximum absolute atomic E-state index is 12.9. The summed E-state index contributed by atoms with van der Waals surface area (Å²) in [6, 6.07) is 7.44. The Kier molecular flexibility index (Phi) is 6.20. The average molecular weight is 378 g/mol. The Labute approximate surface area is 160 Å². The molecule has 2 aliphatic rings. The molecule has 0 bridgehead atoms. The predicted octanol–water partition coefficient (Wildman–Crippen LogP) is 2.32. The molecule has 1 heterocycles. The van der Waals surface area contributed by atoms with E-state index in [0.29, 0.717) is 43.5 Å². The van der Waals surface area contributed by atoms with E-state index < -0.39 is 0 Å². The maximum Gasteiger partial charge on any atom is 0.227 e. The predicted molar refractivity (Wildman–Crippen MR) is 103 cm³/mol. The van der Waals surface area contributed by atoms with E-state index in [-0.39, 0.29) is 23.8 Å². The smallest absolute Gasteiger partial charge is 0.227 e. The molecule has 26 heavy (non-hydrogen) atoms. The van der Waals surface area contributed by atoms with Crippen LogP contribution in [0.2, 0.25) is 5.02 Å². The molecule has 1 aromatic rings. The number of rotatable bonds is 4. The summed E-state index contributed by atoms with van der Waals surface area (Å²) in [6.07, 6.45) is 3.44. The number of carbonyl (C=O) groups excluding carboxylic acids is 2. The van der Waals surface area contributed by atoms with Crippen LogP contribution in [0.4, 0.5) is 0 Å². The van der Waals surface area contributed by atoms with Crippen LogP contribution in [-0.4, -0.2) is 53.8 Å². The van der Waals surface area contributed by atoms with Crippen LogP contribution in [0.5, 0.6) is 0 Å². The number of nitrogens with zero attached hydrogens (tertiary/aromatic N) is 2. The minimum Gasteiger partial charge on any atom is -0.339 e. The first-order valence-corrected chi connectivity index (χ1v) is 9.90. The second-order valence-electron chi connectivity index (χ2n) is 7.56. The van der Waals surface area contributed by atoms with Crippen LogP contribution in [0.1, 0.15) is 31.7 Å². The molecule has 2 fully saturated rings. The molecule has 1 aromatic carbocycles. The van der Waals surface area contributed by atoms with Crippen molar-refractivity contribution in [2.24, 2.45) is 17.6 Å². The van der Waals surface area contributed by atoms with Crippen LogP contribution in [0.25, 0.3) is 0 Å². The highest BCUT2D eigenvalue weighted by atomic mass is 35.5. The number of halogens is 1. The lowest BCUT2D eigenvalue weighted by atomic mass is 9.94. The van der Waals surface area contributed by atoms with E-state index in [1.807, 2.05) is 34.9 Å². The highest BCUT2D eigenvalue weighted by Crippen LogP contribution is 2.33. The van der Waals surface area contributed by atoms with Crippen molar-refractivity contribution in [2.45, 2.75) is 38.6 Å². The Morgan fingerprint density at radius 2 is 2.08 bits per heavy atom. The van der Waals surface area contributed by atoms with Crippen molar-refractivity contribution in [1.82, 2.24) is 9.80 Å². The molecule has 142 valence electrons. The lowest BCUT2D eigenvalue weighted by Gasteiger charge is -2.41. The molecular weight excluding hydrogens is 350 g/mol. The summed E-state index contributed by atoms with van der Waals surface area (Å²) in [4.78, 5) is 29.4. The van der Waals surface area contributed by atoms with Crippen LogP contribution < -0.4 is 5.73 Å². The van der Waals surface area contributed by atoms with Gasteiger partial charge < -0.3 is 15.5 Å². The van der Waals surface area contributed by atoms with Crippen LogP contribution in [0, 0.1) is 11.8 Å². The molecular formula is C20H28ClN3O2. The zero-order valence-corrected chi connectivity index (χ0v) is 16.1. The van der Waals surface area contributed by atoms with Crippen molar-refractivity contribution < 1.29 is 9.59 Å². The quantitative estimate of drug-likeness (QED) is 0.875. The monoisotopic (exact) mass is 377 g/mol. The Morgan fingerprint density at radius 1 is 1.27 bits per heavy atom. The summed E-state index contributed by atoms with van der Waals surface area (Å²) in [5.41, 5.74) is 6.75. The Hall–Kier alpha value is -1.59. The largest absolute Gasteiger partial charge is 0.339 e. The van der Waals surface area contributed by atoms with Gasteiger partial charge in [-0.25, -0.2) is 0 Å². The van der Waals surface area contributed by atoms with Crippen molar-refractivity contribution in [1.29, 1.82) is 0 Å². The zero-order chi connectivity index (χ0) is 18.7. The summed E-state index contributed by atoms with van der Waals surface area (Å²) in [5, 5.41) is 0.643. The fourth-order valence-electron chi connectivity index (χ4n) is 4.33. The third-order valence-electron chi connectivity index (χ3n) is 5.78. The summed E-state index contributed by atoms with van der Waals surface area (Å²) in [7, 11) is 0. The third-order valence-corrected chi connectivity index (χ3v) is 6.02. The van der Waals surface area contributed by atoms with Crippen LogP contribution in [0.15, 0.2) is 24.3 Å². The van der Waals surface area contributed by atoms with Crippen LogP contribution in [-0.2, 0) is 16.0 Å². The van der Waals surface area contributed by atoms with Crippen molar-refractivity contribution in [3.63, 3.8) is 0 Å². The van der Waals surface area contributed by atoms with Crippen LogP contribution in [0.3, 0.4) is 0 Å². The number of nitrogens with two attached hydrogens (primary N) is 1. The highest BCUT2D eigenvalue weighted by molar-refractivity contribution is 6.30. The first-order valence-electron chi connectivity index (χ1n) is 9.52. The zero-order valence-electron chi connectivity index (χ0n) is 15.4. The van der Waals surface area contributed by atoms with Gasteiger partial charge in [-0.1, -0.05) is 30.2 Å². The minimum atomic E-state index is 0.0251. The molecule has 0 aromatic heterocycles. The lowest BCUT2D eigenvalue weighted by molar-refractivity contribution is -0.145. The van der Waals surface area contributed by atoms with Gasteiger partial charge in [-0.05, 0) is 49.9 Å². The topological polar surface area (TPSA) is 66.6 Å². The summed E-state index contributed by atoms with van der Waals surface area (Å²) in [5.74, 6) is 0.709. The molecule has 6 heteroatoms. The van der Waals surface area contributed by atoms with Crippen LogP contribution >= 0.6 is 11.6 Å². The SMILES string of the molecule is CC1CN(C(=O)[C@@H]2CCC[C@@H]2CN)CCN1C(=O)Cc1cccc(Cl)c1. The summed E-state index contributed by atoms with van der Waals surface area (Å²) < 4.78 is 0. The number of amides is 2. The van der Waals surface area contributed by atoms with Gasteiger partial charge >= 0.3 is 0 Å². The van der Waals surface area contributed by atoms with Gasteiger partial charge in [0.05, 0.1) is 6.42 Å². The van der Waals surface area contributed by atoms with E-state index in [2.05, 4.69) is 0 Å². The van der Waals surface area contributed by atoms with Crippen molar-refractivity contribution in [3.05, 3.63) is 34.9 Å². The standard InChI is InChI=1S/C20H28ClN3O2/c1-14-13-23(20(26)18-7-3-5-16(18)12-22)8-9-24(14)19(25)11-15-4-2-6-17(21)10-15/h2,4,6,10,14,16,18H,3,5,7-9,11-13,22H2,1H3/t14?,16-,18-/m1/s1. The van der Waals surface area contributed by atoms with Gasteiger partial charge in [0.25, 0.3) is 0 Å². The number of hydrogen-bond donors (Lipinski definition) is 1. The number of hydrogen-bond acceptors (Lipinski definition) is 3. The van der Waals surface area contributed by atoms with E-state index in [0.717, 1.165) is 24.8 Å². The molecule has 3 rings (SSSR count). The van der Waals surface area contributed by atoms with E-state index >= 15 is 0 Å². The molecule has 1 aliphatic carbocycles. The van der Waals surface area contributed by atoms with Crippen molar-refractivity contribution >= 4 is 23.4 Å². The Bertz CT molecular complexity index is 666. The molecule has 5 nitrogen and oxygen atoms in total. The second-order valence-corrected chi connectivity index (χ2v) is 8.00. The average Bonchev–Trinajstić information content (AvgIpc) is 3.09. The summed E-state index contributed by atoms with van der Waals surface area (Å²) in [6.45, 7) is 4.41. The third kappa shape index (κ3) is 4.21. The fraction of sp³-hybridized carbons (Fsp3) is 0.600. The first-order chi connectivity index (χ1) is 12.5. The van der Waals surface area contributed by atoms with Gasteiger partial charge in [-0.3, -0.25) is 9.59 Å². The molecule has 1 aliphatic heterocycles. The van der Waals surface area contributed by atoms with Gasteiger partial charge in [0.15, 0.2) is 0 Å². The molecule has 1 saturated carbocycles. The maximum atomic E-state index is 12.9. The Balaban J connectivity index is 1.58. The van der Waals surface area contributed by atoms with E-state index in [1.165, 1.54) is 0 Å². The van der Waals surface area contributed by atoms with E-state index in [1.54, 1.807) is 6.07 Å². The molecule has 0 spiro atoms. The number of carbonyl (C=O) groups is 2. The molecule has 1 unspecified atom stereocenters. The molecule has 2 N–H and O–H groups in total. The van der Waals surface area contributed by atoms with E-state index in [9.17, 15) is 9.59 Å². The fourth-order valence-corrected chi connectivity index (χ4v) is 4.54. The molecule has 1 saturated heterocycles. The molecule has 0 radical (unpaired) electrons. The van der Waals surface area contributed by atoms with Gasteiger partial charge in [-0.15, -0.1) is 0 Å². The van der Waals surface area contributed by atoms with Crippen molar-refractivity contribution in [2.75, 3.05) is 26.2 Å². The van der Waals surface area contributed by atoms with Gasteiger partial charge in [0, 0.05) is 36.6 Å². The lowest BCUT2D eigenvalue weighted by Crippen LogP contribution is -2.57. The second kappa shape index (κ2) is 8.40. The minimum absolute atomic E-state index is 0.0251. The Morgan fingerprint density at radius 3 is 2.77 bits per heavy atom. The molecule has 3 atom stereocenters. The first kappa shape index (κ1) is 19.2. The van der Waals surface area contributed by atoms with Crippen molar-refractivity contribution in [3.8, 4) is 0 Å². The normalized spacial score (nSPS) is 26.2. The summed E-state index contributed by atoms with van der Waals surface area (Å²) >= 11 is 6.00.